The topological polar surface area (TPSA) is 61.5 Å². The van der Waals surface area contributed by atoms with E-state index < -0.39 is 0 Å². The maximum atomic E-state index is 11.2. The highest BCUT2D eigenvalue weighted by atomic mass is 32.2. The van der Waals surface area contributed by atoms with E-state index in [1.165, 1.54) is 18.9 Å². The lowest BCUT2D eigenvalue weighted by Crippen LogP contribution is -2.03. The van der Waals surface area contributed by atoms with Crippen molar-refractivity contribution in [2.24, 2.45) is 0 Å². The predicted octanol–water partition coefficient (Wildman–Crippen LogP) is 2.70. The average molecular weight is 277 g/mol. The number of esters is 1. The first-order valence-corrected chi connectivity index (χ1v) is 6.70. The number of carbonyl (C=O) groups excluding carboxylic acids is 1. The summed E-state index contributed by atoms with van der Waals surface area (Å²) < 4.78 is 10.1. The minimum atomic E-state index is -0.279. The molecule has 2 rings (SSSR count). The van der Waals surface area contributed by atoms with Gasteiger partial charge >= 0.3 is 5.97 Å². The molecule has 0 saturated heterocycles. The number of nitrogen functional groups attached to an aromatic ring is 1. The Balaban J connectivity index is 2.46. The Morgan fingerprint density at radius 2 is 1.95 bits per heavy atom. The van der Waals surface area contributed by atoms with Gasteiger partial charge in [-0.2, -0.15) is 0 Å². The minimum Gasteiger partial charge on any atom is -0.495 e. The zero-order valence-corrected chi connectivity index (χ0v) is 11.6. The van der Waals surface area contributed by atoms with Crippen LogP contribution in [-0.4, -0.2) is 25.9 Å². The Morgan fingerprint density at radius 3 is 2.58 bits per heavy atom. The molecule has 0 bridgehead atoms. The van der Waals surface area contributed by atoms with Crippen LogP contribution in [0.25, 0.3) is 10.8 Å². The van der Waals surface area contributed by atoms with Gasteiger partial charge in [0.2, 0.25) is 0 Å². The Kier molecular flexibility index (Phi) is 4.16. The fourth-order valence-corrected chi connectivity index (χ4v) is 2.79. The molecule has 100 valence electrons. The van der Waals surface area contributed by atoms with Crippen molar-refractivity contribution >= 4 is 34.2 Å². The van der Waals surface area contributed by atoms with Crippen molar-refractivity contribution < 1.29 is 14.3 Å². The lowest BCUT2D eigenvalue weighted by Gasteiger charge is -2.13. The molecule has 2 N–H and O–H groups in total. The highest BCUT2D eigenvalue weighted by Gasteiger charge is 2.13. The molecular weight excluding hydrogens is 262 g/mol. The van der Waals surface area contributed by atoms with E-state index in [1.54, 1.807) is 7.11 Å². The molecule has 0 amide bonds. The first-order chi connectivity index (χ1) is 9.17. The number of hydrogen-bond donors (Lipinski definition) is 1. The van der Waals surface area contributed by atoms with E-state index in [0.717, 1.165) is 21.4 Å². The zero-order chi connectivity index (χ0) is 13.8. The van der Waals surface area contributed by atoms with Gasteiger partial charge in [0, 0.05) is 16.5 Å². The summed E-state index contributed by atoms with van der Waals surface area (Å²) in [6.07, 6.45) is 0. The van der Waals surface area contributed by atoms with Crippen molar-refractivity contribution in [3.05, 3.63) is 30.3 Å². The summed E-state index contributed by atoms with van der Waals surface area (Å²) in [6.45, 7) is 0. The van der Waals surface area contributed by atoms with Gasteiger partial charge in [-0.05, 0) is 6.07 Å². The van der Waals surface area contributed by atoms with Gasteiger partial charge in [0.05, 0.1) is 24.9 Å². The van der Waals surface area contributed by atoms with Crippen LogP contribution in [-0.2, 0) is 9.53 Å². The van der Waals surface area contributed by atoms with Crippen LogP contribution in [0.2, 0.25) is 0 Å². The summed E-state index contributed by atoms with van der Waals surface area (Å²) in [7, 11) is 2.98. The van der Waals surface area contributed by atoms with Gasteiger partial charge in [-0.3, -0.25) is 4.79 Å². The number of nitrogens with two attached hydrogens (primary N) is 1. The van der Waals surface area contributed by atoms with Crippen molar-refractivity contribution in [1.29, 1.82) is 0 Å². The molecule has 0 unspecified atom stereocenters. The average Bonchev–Trinajstić information content (AvgIpc) is 2.45. The van der Waals surface area contributed by atoms with Gasteiger partial charge in [-0.25, -0.2) is 0 Å². The third-order valence-corrected chi connectivity index (χ3v) is 3.76. The lowest BCUT2D eigenvalue weighted by molar-refractivity contribution is -0.137. The number of carbonyl (C=O) groups is 1. The van der Waals surface area contributed by atoms with Gasteiger partial charge in [0.25, 0.3) is 0 Å². The summed E-state index contributed by atoms with van der Waals surface area (Å²) in [5, 5.41) is 1.89. The fraction of sp³-hybridized carbons (Fsp3) is 0.214. The second-order valence-corrected chi connectivity index (χ2v) is 4.92. The largest absolute Gasteiger partial charge is 0.495 e. The van der Waals surface area contributed by atoms with E-state index in [-0.39, 0.29) is 11.7 Å². The fourth-order valence-electron chi connectivity index (χ4n) is 1.86. The van der Waals surface area contributed by atoms with Crippen LogP contribution in [0, 0.1) is 0 Å². The molecule has 0 heterocycles. The summed E-state index contributed by atoms with van der Waals surface area (Å²) in [5.41, 5.74) is 6.70. The van der Waals surface area contributed by atoms with Crippen molar-refractivity contribution in [3.63, 3.8) is 0 Å². The molecule has 0 saturated carbocycles. The number of ether oxygens (including phenoxy) is 2. The molecule has 0 aliphatic carbocycles. The number of anilines is 1. The SMILES string of the molecule is COC(=O)CSc1cc(N)c2ccccc2c1OC. The molecule has 0 radical (unpaired) electrons. The van der Waals surface area contributed by atoms with Crippen LogP contribution in [0.15, 0.2) is 35.2 Å². The molecule has 0 aromatic heterocycles. The molecule has 2 aromatic carbocycles. The number of thioether (sulfide) groups is 1. The summed E-state index contributed by atoms with van der Waals surface area (Å²) in [5.74, 6) is 0.683. The van der Waals surface area contributed by atoms with Crippen molar-refractivity contribution in [2.75, 3.05) is 25.7 Å². The van der Waals surface area contributed by atoms with Gasteiger partial charge < -0.3 is 15.2 Å². The van der Waals surface area contributed by atoms with E-state index in [0.29, 0.717) is 5.69 Å². The van der Waals surface area contributed by atoms with Crippen LogP contribution < -0.4 is 10.5 Å². The second-order valence-electron chi connectivity index (χ2n) is 3.91. The summed E-state index contributed by atoms with van der Waals surface area (Å²) in [4.78, 5) is 12.1. The van der Waals surface area contributed by atoms with Crippen molar-refractivity contribution in [1.82, 2.24) is 0 Å². The summed E-state index contributed by atoms with van der Waals surface area (Å²) in [6, 6.07) is 9.59. The van der Waals surface area contributed by atoms with Crippen LogP contribution >= 0.6 is 11.8 Å². The van der Waals surface area contributed by atoms with E-state index >= 15 is 0 Å². The number of rotatable bonds is 4. The minimum absolute atomic E-state index is 0.227. The molecule has 0 atom stereocenters. The van der Waals surface area contributed by atoms with Crippen molar-refractivity contribution in [2.45, 2.75) is 4.90 Å². The van der Waals surface area contributed by atoms with Gasteiger partial charge in [-0.15, -0.1) is 11.8 Å². The third-order valence-electron chi connectivity index (χ3n) is 2.77. The molecular formula is C14H15NO3S. The van der Waals surface area contributed by atoms with E-state index in [1.807, 2.05) is 30.3 Å². The molecule has 4 nitrogen and oxygen atoms in total. The van der Waals surface area contributed by atoms with Crippen molar-refractivity contribution in [3.8, 4) is 5.75 Å². The van der Waals surface area contributed by atoms with Crippen LogP contribution in [0.1, 0.15) is 0 Å². The predicted molar refractivity (Wildman–Crippen MR) is 77.7 cm³/mol. The molecule has 2 aromatic rings. The molecule has 0 spiro atoms. The smallest absolute Gasteiger partial charge is 0.315 e. The maximum Gasteiger partial charge on any atom is 0.315 e. The van der Waals surface area contributed by atoms with Crippen LogP contribution in [0.5, 0.6) is 5.75 Å². The molecule has 19 heavy (non-hydrogen) atoms. The first kappa shape index (κ1) is 13.5. The first-order valence-electron chi connectivity index (χ1n) is 5.72. The maximum absolute atomic E-state index is 11.2. The Labute approximate surface area is 115 Å². The highest BCUT2D eigenvalue weighted by molar-refractivity contribution is 8.00. The summed E-state index contributed by atoms with van der Waals surface area (Å²) >= 11 is 1.35. The Hall–Kier alpha value is -1.88. The second kappa shape index (κ2) is 5.84. The van der Waals surface area contributed by atoms with E-state index in [4.69, 9.17) is 10.5 Å². The highest BCUT2D eigenvalue weighted by Crippen LogP contribution is 2.39. The van der Waals surface area contributed by atoms with E-state index in [9.17, 15) is 4.79 Å². The number of hydrogen-bond acceptors (Lipinski definition) is 5. The number of benzene rings is 2. The molecule has 0 aliphatic rings. The quantitative estimate of drug-likeness (QED) is 0.529. The number of fused-ring (bicyclic) bond motifs is 1. The molecule has 0 fully saturated rings. The molecule has 5 heteroatoms. The molecule has 0 aliphatic heterocycles. The normalized spacial score (nSPS) is 10.4. The third kappa shape index (κ3) is 2.76. The van der Waals surface area contributed by atoms with Crippen LogP contribution in [0.4, 0.5) is 5.69 Å². The van der Waals surface area contributed by atoms with Crippen LogP contribution in [0.3, 0.4) is 0 Å². The van der Waals surface area contributed by atoms with Gasteiger partial charge in [0.1, 0.15) is 5.75 Å². The zero-order valence-electron chi connectivity index (χ0n) is 10.8. The lowest BCUT2D eigenvalue weighted by atomic mass is 10.1. The van der Waals surface area contributed by atoms with E-state index in [2.05, 4.69) is 4.74 Å². The van der Waals surface area contributed by atoms with Gasteiger partial charge in [0.15, 0.2) is 0 Å². The monoisotopic (exact) mass is 277 g/mol. The standard InChI is InChI=1S/C14H15NO3S/c1-17-13(16)8-19-12-7-11(15)9-5-3-4-6-10(9)14(12)18-2/h3-7H,8,15H2,1-2H3. The number of methoxy groups -OCH3 is 2. The van der Waals surface area contributed by atoms with Gasteiger partial charge in [-0.1, -0.05) is 24.3 Å². The Bertz CT molecular complexity index is 613. The Morgan fingerprint density at radius 1 is 1.26 bits per heavy atom.